The lowest BCUT2D eigenvalue weighted by atomic mass is 10.1. The van der Waals surface area contributed by atoms with Gasteiger partial charge >= 0.3 is 0 Å². The highest BCUT2D eigenvalue weighted by Gasteiger charge is 2.17. The molecule has 1 fully saturated rings. The first-order valence-corrected chi connectivity index (χ1v) is 6.77. The van der Waals surface area contributed by atoms with Gasteiger partial charge in [-0.05, 0) is 20.3 Å². The van der Waals surface area contributed by atoms with E-state index in [0.29, 0.717) is 19.8 Å². The van der Waals surface area contributed by atoms with Crippen molar-refractivity contribution in [2.45, 2.75) is 32.9 Å². The zero-order valence-corrected chi connectivity index (χ0v) is 11.7. The standard InChI is InChI=1S/C13H18N4O3/c1-9-13(10(2)20-15-9)12-7-17(16-14-12)4-6-19-11-3-5-18-8-11/h7,11H,3-6,8H2,1-2H3. The predicted molar refractivity (Wildman–Crippen MR) is 70.2 cm³/mol. The Morgan fingerprint density at radius 2 is 2.35 bits per heavy atom. The van der Waals surface area contributed by atoms with Crippen LogP contribution < -0.4 is 0 Å². The fourth-order valence-corrected chi connectivity index (χ4v) is 2.33. The van der Waals surface area contributed by atoms with Crippen LogP contribution in [-0.2, 0) is 16.0 Å². The summed E-state index contributed by atoms with van der Waals surface area (Å²) in [6.45, 7) is 6.54. The van der Waals surface area contributed by atoms with Gasteiger partial charge < -0.3 is 14.0 Å². The highest BCUT2D eigenvalue weighted by molar-refractivity contribution is 5.62. The Balaban J connectivity index is 1.59. The highest BCUT2D eigenvalue weighted by Crippen LogP contribution is 2.24. The maximum atomic E-state index is 5.71. The second-order valence-electron chi connectivity index (χ2n) is 4.92. The van der Waals surface area contributed by atoms with Crippen LogP contribution in [0.1, 0.15) is 17.9 Å². The van der Waals surface area contributed by atoms with Crippen molar-refractivity contribution in [3.8, 4) is 11.3 Å². The summed E-state index contributed by atoms with van der Waals surface area (Å²) in [6, 6.07) is 0. The molecule has 108 valence electrons. The van der Waals surface area contributed by atoms with Crippen LogP contribution in [0, 0.1) is 13.8 Å². The summed E-state index contributed by atoms with van der Waals surface area (Å²) >= 11 is 0. The van der Waals surface area contributed by atoms with Crippen LogP contribution in [0.2, 0.25) is 0 Å². The maximum absolute atomic E-state index is 5.71. The third-order valence-electron chi connectivity index (χ3n) is 3.39. The summed E-state index contributed by atoms with van der Waals surface area (Å²) in [5.74, 6) is 0.758. The number of nitrogens with zero attached hydrogens (tertiary/aromatic N) is 4. The maximum Gasteiger partial charge on any atom is 0.143 e. The summed E-state index contributed by atoms with van der Waals surface area (Å²) in [7, 11) is 0. The summed E-state index contributed by atoms with van der Waals surface area (Å²) in [5, 5.41) is 12.2. The normalized spacial score (nSPS) is 18.8. The number of ether oxygens (including phenoxy) is 2. The molecule has 0 saturated carbocycles. The monoisotopic (exact) mass is 278 g/mol. The largest absolute Gasteiger partial charge is 0.379 e. The van der Waals surface area contributed by atoms with Crippen LogP contribution >= 0.6 is 0 Å². The van der Waals surface area contributed by atoms with Crippen molar-refractivity contribution in [1.29, 1.82) is 0 Å². The molecule has 1 aliphatic rings. The first kappa shape index (κ1) is 13.3. The van der Waals surface area contributed by atoms with Crippen LogP contribution in [0.3, 0.4) is 0 Å². The lowest BCUT2D eigenvalue weighted by molar-refractivity contribution is 0.0369. The molecule has 0 radical (unpaired) electrons. The summed E-state index contributed by atoms with van der Waals surface area (Å²) in [5.41, 5.74) is 2.53. The summed E-state index contributed by atoms with van der Waals surface area (Å²) < 4.78 is 17.9. The molecule has 20 heavy (non-hydrogen) atoms. The molecule has 1 atom stereocenters. The number of rotatable bonds is 5. The molecule has 2 aromatic heterocycles. The van der Waals surface area contributed by atoms with E-state index >= 15 is 0 Å². The van der Waals surface area contributed by atoms with E-state index in [2.05, 4.69) is 15.5 Å². The molecule has 0 spiro atoms. The molecule has 0 aliphatic carbocycles. The van der Waals surface area contributed by atoms with Gasteiger partial charge in [-0.3, -0.25) is 0 Å². The molecule has 1 saturated heterocycles. The number of aryl methyl sites for hydroxylation is 2. The van der Waals surface area contributed by atoms with E-state index in [1.807, 2.05) is 20.0 Å². The average Bonchev–Trinajstić information content (AvgIpc) is 3.13. The molecular weight excluding hydrogens is 260 g/mol. The van der Waals surface area contributed by atoms with Crippen LogP contribution in [-0.4, -0.2) is 46.1 Å². The minimum atomic E-state index is 0.223. The molecule has 0 amide bonds. The molecule has 0 aromatic carbocycles. The first-order valence-electron chi connectivity index (χ1n) is 6.77. The Bertz CT molecular complexity index is 552. The molecule has 0 N–H and O–H groups in total. The third kappa shape index (κ3) is 2.73. The lowest BCUT2D eigenvalue weighted by Crippen LogP contribution is -2.16. The quantitative estimate of drug-likeness (QED) is 0.822. The van der Waals surface area contributed by atoms with Crippen molar-refractivity contribution in [3.05, 3.63) is 17.7 Å². The van der Waals surface area contributed by atoms with E-state index < -0.39 is 0 Å². The van der Waals surface area contributed by atoms with E-state index in [-0.39, 0.29) is 6.10 Å². The van der Waals surface area contributed by atoms with Gasteiger partial charge in [-0.15, -0.1) is 5.10 Å². The molecule has 3 heterocycles. The van der Waals surface area contributed by atoms with E-state index in [0.717, 1.165) is 35.7 Å². The molecule has 7 nitrogen and oxygen atoms in total. The van der Waals surface area contributed by atoms with Gasteiger partial charge in [0.2, 0.25) is 0 Å². The van der Waals surface area contributed by atoms with Crippen molar-refractivity contribution in [3.63, 3.8) is 0 Å². The zero-order valence-electron chi connectivity index (χ0n) is 11.7. The molecule has 1 aliphatic heterocycles. The van der Waals surface area contributed by atoms with E-state index in [4.69, 9.17) is 14.0 Å². The van der Waals surface area contributed by atoms with Gasteiger partial charge in [-0.2, -0.15) is 0 Å². The smallest absolute Gasteiger partial charge is 0.143 e. The van der Waals surface area contributed by atoms with E-state index in [1.54, 1.807) is 4.68 Å². The fraction of sp³-hybridized carbons (Fsp3) is 0.615. The minimum Gasteiger partial charge on any atom is -0.379 e. The molecule has 3 rings (SSSR count). The number of aromatic nitrogens is 4. The van der Waals surface area contributed by atoms with Gasteiger partial charge in [-0.25, -0.2) is 4.68 Å². The summed E-state index contributed by atoms with van der Waals surface area (Å²) in [6.07, 6.45) is 3.09. The van der Waals surface area contributed by atoms with Gasteiger partial charge in [0.1, 0.15) is 11.5 Å². The van der Waals surface area contributed by atoms with Crippen molar-refractivity contribution in [1.82, 2.24) is 20.2 Å². The Kier molecular flexibility index (Phi) is 3.79. The molecule has 0 bridgehead atoms. The Morgan fingerprint density at radius 1 is 1.45 bits per heavy atom. The van der Waals surface area contributed by atoms with E-state index in [9.17, 15) is 0 Å². The Labute approximate surface area is 116 Å². The van der Waals surface area contributed by atoms with Crippen molar-refractivity contribution >= 4 is 0 Å². The summed E-state index contributed by atoms with van der Waals surface area (Å²) in [4.78, 5) is 0. The van der Waals surface area contributed by atoms with E-state index in [1.165, 1.54) is 0 Å². The van der Waals surface area contributed by atoms with Crippen LogP contribution in [0.25, 0.3) is 11.3 Å². The molecular formula is C13H18N4O3. The van der Waals surface area contributed by atoms with Gasteiger partial charge in [0.15, 0.2) is 0 Å². The van der Waals surface area contributed by atoms with Gasteiger partial charge in [0, 0.05) is 6.61 Å². The van der Waals surface area contributed by atoms with Crippen LogP contribution in [0.5, 0.6) is 0 Å². The minimum absolute atomic E-state index is 0.223. The Hall–Kier alpha value is -1.73. The number of hydrogen-bond donors (Lipinski definition) is 0. The molecule has 2 aromatic rings. The topological polar surface area (TPSA) is 75.2 Å². The second-order valence-corrected chi connectivity index (χ2v) is 4.92. The van der Waals surface area contributed by atoms with Crippen LogP contribution in [0.15, 0.2) is 10.7 Å². The average molecular weight is 278 g/mol. The lowest BCUT2D eigenvalue weighted by Gasteiger charge is -2.08. The first-order chi connectivity index (χ1) is 9.74. The van der Waals surface area contributed by atoms with Gasteiger partial charge in [-0.1, -0.05) is 10.4 Å². The van der Waals surface area contributed by atoms with Gasteiger partial charge in [0.05, 0.1) is 43.3 Å². The molecule has 7 heteroatoms. The third-order valence-corrected chi connectivity index (χ3v) is 3.39. The van der Waals surface area contributed by atoms with Gasteiger partial charge in [0.25, 0.3) is 0 Å². The van der Waals surface area contributed by atoms with Crippen LogP contribution in [0.4, 0.5) is 0 Å². The molecule has 1 unspecified atom stereocenters. The zero-order chi connectivity index (χ0) is 13.9. The fourth-order valence-electron chi connectivity index (χ4n) is 2.33. The van der Waals surface area contributed by atoms with Crippen molar-refractivity contribution in [2.75, 3.05) is 19.8 Å². The van der Waals surface area contributed by atoms with Crippen molar-refractivity contribution in [2.24, 2.45) is 0 Å². The highest BCUT2D eigenvalue weighted by atomic mass is 16.5. The SMILES string of the molecule is Cc1noc(C)c1-c1cn(CCOC2CCOC2)nn1. The second kappa shape index (κ2) is 5.72. The Morgan fingerprint density at radius 3 is 3.05 bits per heavy atom. The predicted octanol–water partition coefficient (Wildman–Crippen LogP) is 1.36. The number of hydrogen-bond acceptors (Lipinski definition) is 6. The van der Waals surface area contributed by atoms with Crippen molar-refractivity contribution < 1.29 is 14.0 Å².